The Hall–Kier alpha value is -3.75. The van der Waals surface area contributed by atoms with Gasteiger partial charge in [-0.3, -0.25) is 24.2 Å². The van der Waals surface area contributed by atoms with E-state index in [1.165, 1.54) is 9.80 Å². The number of nitrogens with one attached hydrogen (secondary N) is 1. The average Bonchev–Trinajstić information content (AvgIpc) is 3.28. The highest BCUT2D eigenvalue weighted by atomic mass is 32.2. The molecular formula is C26H19N3O3S2. The number of fused-ring (bicyclic) bond motifs is 1. The van der Waals surface area contributed by atoms with Gasteiger partial charge in [-0.05, 0) is 23.8 Å². The van der Waals surface area contributed by atoms with E-state index in [0.717, 1.165) is 17.3 Å². The van der Waals surface area contributed by atoms with E-state index >= 15 is 0 Å². The summed E-state index contributed by atoms with van der Waals surface area (Å²) >= 11 is 6.61. The van der Waals surface area contributed by atoms with Crippen molar-refractivity contribution in [3.8, 4) is 0 Å². The molecule has 6 nitrogen and oxygen atoms in total. The lowest BCUT2D eigenvalue weighted by Crippen LogP contribution is -2.35. The number of thioether (sulfide) groups is 1. The van der Waals surface area contributed by atoms with Crippen LogP contribution in [0.25, 0.3) is 5.57 Å². The van der Waals surface area contributed by atoms with Crippen LogP contribution in [0.15, 0.2) is 89.8 Å². The third-order valence-corrected chi connectivity index (χ3v) is 6.99. The van der Waals surface area contributed by atoms with Crippen molar-refractivity contribution >= 4 is 63.0 Å². The second-order valence-corrected chi connectivity index (χ2v) is 9.42. The van der Waals surface area contributed by atoms with Gasteiger partial charge in [-0.25, -0.2) is 0 Å². The highest BCUT2D eigenvalue weighted by molar-refractivity contribution is 8.26. The third-order valence-electron chi connectivity index (χ3n) is 5.54. The minimum atomic E-state index is -0.385. The minimum Gasteiger partial charge on any atom is -0.325 e. The van der Waals surface area contributed by atoms with Crippen molar-refractivity contribution in [2.75, 3.05) is 16.8 Å². The fourth-order valence-corrected chi connectivity index (χ4v) is 5.30. The number of para-hydroxylation sites is 2. The number of amides is 3. The first kappa shape index (κ1) is 22.1. The summed E-state index contributed by atoms with van der Waals surface area (Å²) in [5, 5.41) is 2.80. The lowest BCUT2D eigenvalue weighted by Gasteiger charge is -2.16. The molecule has 3 aromatic rings. The fourth-order valence-electron chi connectivity index (χ4n) is 3.97. The molecule has 2 aliphatic rings. The van der Waals surface area contributed by atoms with Gasteiger partial charge in [0.1, 0.15) is 10.9 Å². The Morgan fingerprint density at radius 1 is 0.824 bits per heavy atom. The predicted octanol–water partition coefficient (Wildman–Crippen LogP) is 4.44. The summed E-state index contributed by atoms with van der Waals surface area (Å²) < 4.78 is 0.405. The zero-order valence-electron chi connectivity index (χ0n) is 17.9. The number of carbonyl (C=O) groups is 3. The lowest BCUT2D eigenvalue weighted by atomic mass is 10.1. The molecule has 0 saturated carbocycles. The van der Waals surface area contributed by atoms with Crippen LogP contribution in [0.5, 0.6) is 0 Å². The van der Waals surface area contributed by atoms with Crippen molar-refractivity contribution in [2.24, 2.45) is 0 Å². The SMILES string of the molecule is O=C(CN1C(=O)/C(=C2/SC(=S)N(Cc3ccccc3)C2=O)c2ccccc21)Nc1ccccc1. The van der Waals surface area contributed by atoms with Gasteiger partial charge in [0, 0.05) is 11.3 Å². The molecule has 1 saturated heterocycles. The van der Waals surface area contributed by atoms with Gasteiger partial charge in [0.15, 0.2) is 0 Å². The van der Waals surface area contributed by atoms with E-state index in [-0.39, 0.29) is 29.8 Å². The molecule has 8 heteroatoms. The van der Waals surface area contributed by atoms with Gasteiger partial charge in [0.05, 0.1) is 22.7 Å². The average molecular weight is 486 g/mol. The maximum Gasteiger partial charge on any atom is 0.267 e. The Morgan fingerprint density at radius 2 is 1.47 bits per heavy atom. The smallest absolute Gasteiger partial charge is 0.267 e. The molecule has 0 spiro atoms. The van der Waals surface area contributed by atoms with Crippen LogP contribution in [0.4, 0.5) is 11.4 Å². The Kier molecular flexibility index (Phi) is 6.00. The van der Waals surface area contributed by atoms with Crippen molar-refractivity contribution < 1.29 is 14.4 Å². The van der Waals surface area contributed by atoms with Crippen LogP contribution in [0.2, 0.25) is 0 Å². The molecule has 3 aromatic carbocycles. The van der Waals surface area contributed by atoms with Gasteiger partial charge >= 0.3 is 0 Å². The topological polar surface area (TPSA) is 69.7 Å². The summed E-state index contributed by atoms with van der Waals surface area (Å²) in [6.07, 6.45) is 0. The summed E-state index contributed by atoms with van der Waals surface area (Å²) in [6, 6.07) is 25.8. The summed E-state index contributed by atoms with van der Waals surface area (Å²) in [5.41, 5.74) is 3.10. The number of carbonyl (C=O) groups excluding carboxylic acids is 3. The molecule has 5 rings (SSSR count). The fraction of sp³-hybridized carbons (Fsp3) is 0.0769. The predicted molar refractivity (Wildman–Crippen MR) is 138 cm³/mol. The van der Waals surface area contributed by atoms with Gasteiger partial charge in [-0.15, -0.1) is 0 Å². The Bertz CT molecular complexity index is 1340. The van der Waals surface area contributed by atoms with Gasteiger partial charge in [-0.2, -0.15) is 0 Å². The van der Waals surface area contributed by atoms with Crippen LogP contribution >= 0.6 is 24.0 Å². The molecule has 0 bridgehead atoms. The van der Waals surface area contributed by atoms with E-state index in [9.17, 15) is 14.4 Å². The Labute approximate surface area is 206 Å². The molecule has 3 amide bonds. The highest BCUT2D eigenvalue weighted by Gasteiger charge is 2.42. The van der Waals surface area contributed by atoms with Crippen molar-refractivity contribution in [3.05, 3.63) is 101 Å². The monoisotopic (exact) mass is 485 g/mol. The lowest BCUT2D eigenvalue weighted by molar-refractivity contribution is -0.122. The Morgan fingerprint density at radius 3 is 2.21 bits per heavy atom. The quantitative estimate of drug-likeness (QED) is 0.427. The minimum absolute atomic E-state index is 0.168. The summed E-state index contributed by atoms with van der Waals surface area (Å²) in [7, 11) is 0. The van der Waals surface area contributed by atoms with Gasteiger partial charge in [-0.1, -0.05) is 90.7 Å². The summed E-state index contributed by atoms with van der Waals surface area (Å²) in [4.78, 5) is 42.8. The van der Waals surface area contributed by atoms with Crippen LogP contribution in [0.1, 0.15) is 11.1 Å². The largest absolute Gasteiger partial charge is 0.325 e. The number of hydrogen-bond donors (Lipinski definition) is 1. The van der Waals surface area contributed by atoms with Crippen LogP contribution in [-0.4, -0.2) is 33.5 Å². The first-order valence-corrected chi connectivity index (χ1v) is 11.8. The van der Waals surface area contributed by atoms with Crippen molar-refractivity contribution in [2.45, 2.75) is 6.54 Å². The van der Waals surface area contributed by atoms with Crippen molar-refractivity contribution in [1.82, 2.24) is 4.90 Å². The number of anilines is 2. The first-order valence-electron chi connectivity index (χ1n) is 10.6. The first-order chi connectivity index (χ1) is 16.5. The molecule has 0 atom stereocenters. The second kappa shape index (κ2) is 9.24. The summed E-state index contributed by atoms with van der Waals surface area (Å²) in [6.45, 7) is 0.167. The number of nitrogens with zero attached hydrogens (tertiary/aromatic N) is 2. The molecular weight excluding hydrogens is 466 g/mol. The third kappa shape index (κ3) is 4.13. The maximum atomic E-state index is 13.5. The molecule has 1 fully saturated rings. The molecule has 2 heterocycles. The van der Waals surface area contributed by atoms with Crippen LogP contribution in [0.3, 0.4) is 0 Å². The van der Waals surface area contributed by atoms with E-state index in [1.807, 2.05) is 54.6 Å². The zero-order chi connectivity index (χ0) is 23.7. The van der Waals surface area contributed by atoms with Crippen LogP contribution in [-0.2, 0) is 20.9 Å². The molecule has 0 aliphatic carbocycles. The molecule has 0 radical (unpaired) electrons. The molecule has 168 valence electrons. The van der Waals surface area contributed by atoms with E-state index in [1.54, 1.807) is 30.3 Å². The van der Waals surface area contributed by atoms with Crippen LogP contribution < -0.4 is 10.2 Å². The Balaban J connectivity index is 1.44. The van der Waals surface area contributed by atoms with Crippen molar-refractivity contribution in [3.63, 3.8) is 0 Å². The van der Waals surface area contributed by atoms with E-state index in [4.69, 9.17) is 12.2 Å². The summed E-state index contributed by atoms with van der Waals surface area (Å²) in [5.74, 6) is -1.01. The molecule has 0 aromatic heterocycles. The second-order valence-electron chi connectivity index (χ2n) is 7.77. The molecule has 34 heavy (non-hydrogen) atoms. The van der Waals surface area contributed by atoms with Crippen LogP contribution in [0, 0.1) is 0 Å². The van der Waals surface area contributed by atoms with Gasteiger partial charge in [0.2, 0.25) is 5.91 Å². The van der Waals surface area contributed by atoms with E-state index in [2.05, 4.69) is 5.32 Å². The normalized spacial score (nSPS) is 17.4. The molecule has 2 aliphatic heterocycles. The van der Waals surface area contributed by atoms with E-state index < -0.39 is 0 Å². The molecule has 1 N–H and O–H groups in total. The van der Waals surface area contributed by atoms with Gasteiger partial charge < -0.3 is 5.32 Å². The number of rotatable bonds is 5. The molecule has 0 unspecified atom stereocenters. The standard InChI is InChI=1S/C26H19N3O3S2/c30-21(27-18-11-5-2-6-12-18)16-28-20-14-8-7-13-19(20)22(24(28)31)23-25(32)29(26(33)34-23)15-17-9-3-1-4-10-17/h1-14H,15-16H2,(H,27,30)/b23-22+. The van der Waals surface area contributed by atoms with Gasteiger partial charge in [0.25, 0.3) is 11.8 Å². The highest BCUT2D eigenvalue weighted by Crippen LogP contribution is 2.44. The maximum absolute atomic E-state index is 13.5. The number of hydrogen-bond acceptors (Lipinski definition) is 5. The number of thiocarbonyl (C=S) groups is 1. The van der Waals surface area contributed by atoms with E-state index in [0.29, 0.717) is 32.7 Å². The zero-order valence-corrected chi connectivity index (χ0v) is 19.6. The number of benzene rings is 3. The van der Waals surface area contributed by atoms with Crippen molar-refractivity contribution in [1.29, 1.82) is 0 Å².